The van der Waals surface area contributed by atoms with Gasteiger partial charge in [0.15, 0.2) is 11.6 Å². The van der Waals surface area contributed by atoms with E-state index in [1.165, 1.54) is 6.07 Å². The van der Waals surface area contributed by atoms with E-state index in [9.17, 15) is 8.78 Å². The third-order valence-corrected chi connectivity index (χ3v) is 4.65. The molecule has 2 aromatic carbocycles. The summed E-state index contributed by atoms with van der Waals surface area (Å²) in [5, 5.41) is 0. The van der Waals surface area contributed by atoms with E-state index in [0.717, 1.165) is 28.3 Å². The fourth-order valence-electron chi connectivity index (χ4n) is 3.51. The number of anilines is 1. The zero-order valence-electron chi connectivity index (χ0n) is 13.1. The van der Waals surface area contributed by atoms with Crippen LogP contribution in [0.15, 0.2) is 48.7 Å². The van der Waals surface area contributed by atoms with Crippen LogP contribution in [-0.4, -0.2) is 4.98 Å². The zero-order chi connectivity index (χ0) is 17.6. The van der Waals surface area contributed by atoms with Crippen LogP contribution in [0.3, 0.4) is 0 Å². The molecule has 0 saturated heterocycles. The van der Waals surface area contributed by atoms with Crippen LogP contribution in [0.1, 0.15) is 22.6 Å². The Morgan fingerprint density at radius 2 is 1.92 bits per heavy atom. The molecule has 1 aliphatic carbocycles. The van der Waals surface area contributed by atoms with Gasteiger partial charge in [-0.1, -0.05) is 30.3 Å². The first-order valence-corrected chi connectivity index (χ1v) is 7.79. The number of benzene rings is 2. The molecule has 2 N–H and O–H groups in total. The summed E-state index contributed by atoms with van der Waals surface area (Å²) in [7, 11) is 0. The van der Waals surface area contributed by atoms with E-state index >= 15 is 0 Å². The van der Waals surface area contributed by atoms with Crippen LogP contribution in [0.25, 0.3) is 16.0 Å². The number of halogens is 2. The monoisotopic (exact) mass is 333 g/mol. The van der Waals surface area contributed by atoms with Crippen molar-refractivity contribution in [1.82, 2.24) is 4.98 Å². The summed E-state index contributed by atoms with van der Waals surface area (Å²) < 4.78 is 27.0. The van der Waals surface area contributed by atoms with Crippen LogP contribution in [0.2, 0.25) is 0 Å². The van der Waals surface area contributed by atoms with Gasteiger partial charge in [0.1, 0.15) is 5.82 Å². The number of fused-ring (bicyclic) bond motifs is 3. The van der Waals surface area contributed by atoms with E-state index < -0.39 is 11.6 Å². The van der Waals surface area contributed by atoms with Crippen molar-refractivity contribution in [2.75, 3.05) is 5.73 Å². The van der Waals surface area contributed by atoms with Gasteiger partial charge in [-0.2, -0.15) is 0 Å². The number of nitrogens with two attached hydrogens (primary N) is 1. The molecule has 0 amide bonds. The minimum Gasteiger partial charge on any atom is -0.392 e. The lowest BCUT2D eigenvalue weighted by Crippen LogP contribution is -2.14. The summed E-state index contributed by atoms with van der Waals surface area (Å²) in [6, 6.07) is 11.7. The molecule has 3 aromatic rings. The second-order valence-electron chi connectivity index (χ2n) is 6.02. The molecule has 5 heteroatoms. The molecule has 1 heterocycles. The molecule has 0 saturated carbocycles. The topological polar surface area (TPSA) is 43.3 Å². The molecule has 1 aliphatic rings. The van der Waals surface area contributed by atoms with Crippen molar-refractivity contribution in [3.05, 3.63) is 88.4 Å². The highest BCUT2D eigenvalue weighted by Gasteiger charge is 2.29. The van der Waals surface area contributed by atoms with E-state index in [2.05, 4.69) is 9.83 Å². The van der Waals surface area contributed by atoms with Gasteiger partial charge < -0.3 is 5.73 Å². The zero-order valence-corrected chi connectivity index (χ0v) is 13.1. The highest BCUT2D eigenvalue weighted by atomic mass is 19.2. The lowest BCUT2D eigenvalue weighted by Gasteiger charge is -2.29. The van der Waals surface area contributed by atoms with Crippen molar-refractivity contribution >= 4 is 11.5 Å². The first-order valence-electron chi connectivity index (χ1n) is 7.79. The maximum Gasteiger partial charge on any atom is 0.235 e. The van der Waals surface area contributed by atoms with Gasteiger partial charge in [0, 0.05) is 12.1 Å². The Balaban J connectivity index is 1.96. The largest absolute Gasteiger partial charge is 0.392 e. The third-order valence-electron chi connectivity index (χ3n) is 4.65. The highest BCUT2D eigenvalue weighted by Crippen LogP contribution is 2.47. The molecular weight excluding hydrogens is 320 g/mol. The van der Waals surface area contributed by atoms with Gasteiger partial charge in [0.05, 0.1) is 6.57 Å². The molecule has 0 radical (unpaired) electrons. The fourth-order valence-corrected chi connectivity index (χ4v) is 3.51. The number of hydrogen-bond donors (Lipinski definition) is 1. The number of hydrogen-bond acceptors (Lipinski definition) is 2. The summed E-state index contributed by atoms with van der Waals surface area (Å²) >= 11 is 0. The Morgan fingerprint density at radius 3 is 2.68 bits per heavy atom. The molecule has 4 rings (SSSR count). The number of nitrogens with zero attached hydrogens (tertiary/aromatic N) is 2. The average molecular weight is 333 g/mol. The van der Waals surface area contributed by atoms with Crippen molar-refractivity contribution in [2.24, 2.45) is 0 Å². The summed E-state index contributed by atoms with van der Waals surface area (Å²) in [6.45, 7) is 7.45. The van der Waals surface area contributed by atoms with E-state index in [1.807, 2.05) is 24.3 Å². The number of aromatic nitrogens is 1. The summed E-state index contributed by atoms with van der Waals surface area (Å²) in [5.74, 6) is -1.66. The van der Waals surface area contributed by atoms with Crippen molar-refractivity contribution in [2.45, 2.75) is 12.3 Å². The maximum atomic E-state index is 13.7. The Kier molecular flexibility index (Phi) is 3.47. The second-order valence-corrected chi connectivity index (χ2v) is 6.02. The quantitative estimate of drug-likeness (QED) is 0.647. The third kappa shape index (κ3) is 2.34. The van der Waals surface area contributed by atoms with Gasteiger partial charge in [-0.3, -0.25) is 4.98 Å². The normalized spacial score (nSPS) is 15.2. The SMILES string of the molecule is [C-]#[N+]c1c(N)ncc2c1-c1ccccc1C(c1ccc(F)c(F)c1)C2. The Bertz CT molecular complexity index is 1040. The molecule has 1 atom stereocenters. The molecule has 25 heavy (non-hydrogen) atoms. The van der Waals surface area contributed by atoms with E-state index in [1.54, 1.807) is 12.3 Å². The van der Waals surface area contributed by atoms with Gasteiger partial charge in [-0.25, -0.2) is 13.6 Å². The van der Waals surface area contributed by atoms with Crippen molar-refractivity contribution in [3.8, 4) is 11.1 Å². The maximum absolute atomic E-state index is 13.7. The lowest BCUT2D eigenvalue weighted by atomic mass is 9.76. The fraction of sp³-hybridized carbons (Fsp3) is 0.100. The molecule has 0 bridgehead atoms. The van der Waals surface area contributed by atoms with Crippen molar-refractivity contribution in [1.29, 1.82) is 0 Å². The smallest absolute Gasteiger partial charge is 0.235 e. The van der Waals surface area contributed by atoms with Crippen LogP contribution in [0.4, 0.5) is 20.3 Å². The number of nitrogen functional groups attached to an aromatic ring is 1. The predicted molar refractivity (Wildman–Crippen MR) is 92.3 cm³/mol. The first-order chi connectivity index (χ1) is 12.1. The Hall–Kier alpha value is -3.26. The van der Waals surface area contributed by atoms with Crippen LogP contribution >= 0.6 is 0 Å². The second kappa shape index (κ2) is 5.67. The molecule has 1 aromatic heterocycles. The number of rotatable bonds is 1. The number of pyridine rings is 1. The van der Waals surface area contributed by atoms with Crippen LogP contribution < -0.4 is 5.73 Å². The van der Waals surface area contributed by atoms with Gasteiger partial charge in [0.25, 0.3) is 0 Å². The van der Waals surface area contributed by atoms with Crippen LogP contribution in [-0.2, 0) is 6.42 Å². The standard InChI is InChI=1S/C20H13F2N3/c1-24-19-18-12(10-25-20(19)23)8-15(13-4-2-3-5-14(13)18)11-6-7-16(21)17(22)9-11/h2-7,9-10,15H,8H2,(H2,23,25). The van der Waals surface area contributed by atoms with Gasteiger partial charge >= 0.3 is 0 Å². The molecule has 0 fully saturated rings. The molecule has 3 nitrogen and oxygen atoms in total. The predicted octanol–water partition coefficient (Wildman–Crippen LogP) is 4.85. The van der Waals surface area contributed by atoms with Gasteiger partial charge in [0.2, 0.25) is 5.69 Å². The van der Waals surface area contributed by atoms with Crippen molar-refractivity contribution < 1.29 is 8.78 Å². The van der Waals surface area contributed by atoms with Gasteiger partial charge in [-0.15, -0.1) is 0 Å². The molecule has 0 aliphatic heterocycles. The van der Waals surface area contributed by atoms with E-state index in [-0.39, 0.29) is 11.7 Å². The summed E-state index contributed by atoms with van der Waals surface area (Å²) in [4.78, 5) is 7.68. The highest BCUT2D eigenvalue weighted by molar-refractivity contribution is 5.90. The van der Waals surface area contributed by atoms with Crippen LogP contribution in [0, 0.1) is 18.2 Å². The average Bonchev–Trinajstić information content (AvgIpc) is 2.63. The van der Waals surface area contributed by atoms with E-state index in [4.69, 9.17) is 12.3 Å². The first kappa shape index (κ1) is 15.3. The lowest BCUT2D eigenvalue weighted by molar-refractivity contribution is 0.506. The van der Waals surface area contributed by atoms with Crippen LogP contribution in [0.5, 0.6) is 0 Å². The molecule has 122 valence electrons. The minimum absolute atomic E-state index is 0.136. The Labute approximate surface area is 143 Å². The minimum atomic E-state index is -0.863. The van der Waals surface area contributed by atoms with Crippen molar-refractivity contribution in [3.63, 3.8) is 0 Å². The van der Waals surface area contributed by atoms with Gasteiger partial charge in [-0.05, 0) is 46.4 Å². The molecule has 0 spiro atoms. The summed E-state index contributed by atoms with van der Waals surface area (Å²) in [5.41, 5.74) is 10.4. The molecule has 1 unspecified atom stereocenters. The Morgan fingerprint density at radius 1 is 1.12 bits per heavy atom. The summed E-state index contributed by atoms with van der Waals surface area (Å²) in [6.07, 6.45) is 2.22. The van der Waals surface area contributed by atoms with E-state index in [0.29, 0.717) is 17.7 Å². The molecular formula is C20H13F2N3.